The maximum Gasteiger partial charge on any atom is 0.164 e. The molecule has 0 fully saturated rings. The molecule has 4 nitrogen and oxygen atoms in total. The maximum atomic E-state index is 6.36. The molecule has 52 heavy (non-hydrogen) atoms. The molecule has 1 aliphatic rings. The number of furan rings is 1. The quantitative estimate of drug-likeness (QED) is 0.183. The van der Waals surface area contributed by atoms with Gasteiger partial charge < -0.3 is 4.42 Å². The van der Waals surface area contributed by atoms with Gasteiger partial charge in [0.1, 0.15) is 11.2 Å². The number of aromatic nitrogens is 3. The van der Waals surface area contributed by atoms with Gasteiger partial charge in [0.2, 0.25) is 0 Å². The van der Waals surface area contributed by atoms with Crippen LogP contribution in [-0.2, 0) is 5.41 Å². The minimum Gasteiger partial charge on any atom is -0.455 e. The normalized spacial score (nSPS) is 13.0. The molecule has 2 aromatic heterocycles. The minimum atomic E-state index is -0.216. The van der Waals surface area contributed by atoms with E-state index in [4.69, 9.17) is 19.4 Å². The van der Waals surface area contributed by atoms with E-state index < -0.39 is 0 Å². The van der Waals surface area contributed by atoms with Crippen molar-refractivity contribution in [1.29, 1.82) is 0 Å². The van der Waals surface area contributed by atoms with E-state index in [1.54, 1.807) is 0 Å². The first kappa shape index (κ1) is 30.2. The number of nitrogens with zero attached hydrogens (tertiary/aromatic N) is 3. The van der Waals surface area contributed by atoms with Crippen LogP contribution in [0, 0.1) is 0 Å². The number of hydrogen-bond donors (Lipinski definition) is 0. The summed E-state index contributed by atoms with van der Waals surface area (Å²) in [6, 6.07) is 57.1. The predicted octanol–water partition coefficient (Wildman–Crippen LogP) is 12.4. The largest absolute Gasteiger partial charge is 0.455 e. The van der Waals surface area contributed by atoms with Crippen LogP contribution in [-0.4, -0.2) is 15.0 Å². The molecule has 0 unspecified atom stereocenters. The predicted molar refractivity (Wildman–Crippen MR) is 212 cm³/mol. The summed E-state index contributed by atoms with van der Waals surface area (Å²) >= 11 is 0. The second kappa shape index (κ2) is 11.7. The molecule has 0 saturated carbocycles. The third-order valence-corrected chi connectivity index (χ3v) is 10.6. The van der Waals surface area contributed by atoms with Gasteiger partial charge in [0.05, 0.1) is 0 Å². The van der Waals surface area contributed by atoms with Gasteiger partial charge in [-0.3, -0.25) is 0 Å². The molecule has 0 saturated heterocycles. The van der Waals surface area contributed by atoms with Crippen LogP contribution in [0.25, 0.3) is 89.5 Å². The Balaban J connectivity index is 1.11. The zero-order valence-electron chi connectivity index (χ0n) is 28.8. The Hall–Kier alpha value is -6.65. The highest BCUT2D eigenvalue weighted by atomic mass is 16.3. The van der Waals surface area contributed by atoms with Crippen molar-refractivity contribution < 1.29 is 4.42 Å². The van der Waals surface area contributed by atoms with E-state index >= 15 is 0 Å². The highest BCUT2D eigenvalue weighted by Crippen LogP contribution is 2.51. The second-order valence-corrected chi connectivity index (χ2v) is 14.0. The Labute approximate surface area is 302 Å². The molecule has 246 valence electrons. The fourth-order valence-electron chi connectivity index (χ4n) is 8.00. The zero-order chi connectivity index (χ0) is 34.8. The van der Waals surface area contributed by atoms with Crippen LogP contribution in [0.4, 0.5) is 0 Å². The monoisotopic (exact) mass is 667 g/mol. The molecule has 0 bridgehead atoms. The van der Waals surface area contributed by atoms with Crippen molar-refractivity contribution in [2.45, 2.75) is 19.3 Å². The fourth-order valence-corrected chi connectivity index (χ4v) is 8.00. The molecule has 0 spiro atoms. The molecule has 0 radical (unpaired) electrons. The summed E-state index contributed by atoms with van der Waals surface area (Å²) < 4.78 is 6.36. The van der Waals surface area contributed by atoms with Crippen LogP contribution >= 0.6 is 0 Å². The van der Waals surface area contributed by atoms with Gasteiger partial charge in [-0.1, -0.05) is 172 Å². The molecular weight excluding hydrogens is 635 g/mol. The van der Waals surface area contributed by atoms with E-state index in [9.17, 15) is 0 Å². The molecule has 4 heteroatoms. The molecule has 0 aliphatic heterocycles. The van der Waals surface area contributed by atoms with Gasteiger partial charge in [-0.2, -0.15) is 0 Å². The van der Waals surface area contributed by atoms with E-state index in [1.807, 2.05) is 18.2 Å². The average molecular weight is 668 g/mol. The first-order chi connectivity index (χ1) is 25.5. The van der Waals surface area contributed by atoms with Crippen LogP contribution < -0.4 is 0 Å². The van der Waals surface area contributed by atoms with Gasteiger partial charge >= 0.3 is 0 Å². The molecule has 0 atom stereocenters. The van der Waals surface area contributed by atoms with Crippen LogP contribution in [0.1, 0.15) is 25.0 Å². The lowest BCUT2D eigenvalue weighted by molar-refractivity contribution is 0.661. The topological polar surface area (TPSA) is 51.8 Å². The van der Waals surface area contributed by atoms with Gasteiger partial charge in [-0.25, -0.2) is 15.0 Å². The summed E-state index contributed by atoms with van der Waals surface area (Å²) in [7, 11) is 0. The smallest absolute Gasteiger partial charge is 0.164 e. The van der Waals surface area contributed by atoms with E-state index in [2.05, 4.69) is 159 Å². The lowest BCUT2D eigenvalue weighted by atomic mass is 9.80. The number of rotatable bonds is 5. The highest BCUT2D eigenvalue weighted by Gasteiger charge is 2.38. The fraction of sp³-hybridized carbons (Fsp3) is 0.0625. The molecule has 10 rings (SSSR count). The molecule has 0 amide bonds. The van der Waals surface area contributed by atoms with E-state index in [0.29, 0.717) is 17.5 Å². The SMILES string of the molecule is CC1(C)c2ccccc2-c2cccc(-c3nc(-c4ccc(-c5ccccc5)cc4)nc(-c4ccc(-c5cccc6c5oc5ccccc56)cc4)n3)c21. The number of hydrogen-bond acceptors (Lipinski definition) is 4. The lowest BCUT2D eigenvalue weighted by Gasteiger charge is -2.24. The Morgan fingerprint density at radius 2 is 0.904 bits per heavy atom. The van der Waals surface area contributed by atoms with Gasteiger partial charge in [0.25, 0.3) is 0 Å². The van der Waals surface area contributed by atoms with Crippen molar-refractivity contribution >= 4 is 21.9 Å². The van der Waals surface area contributed by atoms with Gasteiger partial charge in [-0.05, 0) is 45.0 Å². The standard InChI is InChI=1S/C48H33N3O/c1-48(2)41-20-8-6-14-36(41)38-17-11-19-40(43(38)48)47-50-45(33-26-22-31(23-27-33)30-12-4-3-5-13-30)49-46(51-47)34-28-24-32(25-29-34)35-16-10-18-39-37-15-7-9-21-42(37)52-44(35)39/h3-29H,1-2H3. The van der Waals surface area contributed by atoms with Crippen LogP contribution in [0.2, 0.25) is 0 Å². The van der Waals surface area contributed by atoms with Crippen molar-refractivity contribution in [1.82, 2.24) is 15.0 Å². The van der Waals surface area contributed by atoms with E-state index in [0.717, 1.165) is 55.3 Å². The van der Waals surface area contributed by atoms with E-state index in [1.165, 1.54) is 27.8 Å². The number of fused-ring (bicyclic) bond motifs is 6. The highest BCUT2D eigenvalue weighted by molar-refractivity contribution is 6.09. The van der Waals surface area contributed by atoms with Crippen molar-refractivity contribution in [3.05, 3.63) is 175 Å². The average Bonchev–Trinajstić information content (AvgIpc) is 3.70. The van der Waals surface area contributed by atoms with Crippen molar-refractivity contribution in [3.8, 4) is 67.5 Å². The Morgan fingerprint density at radius 1 is 0.385 bits per heavy atom. The van der Waals surface area contributed by atoms with Crippen molar-refractivity contribution in [3.63, 3.8) is 0 Å². The number of para-hydroxylation sites is 2. The third-order valence-electron chi connectivity index (χ3n) is 10.6. The summed E-state index contributed by atoms with van der Waals surface area (Å²) in [5.74, 6) is 1.94. The first-order valence-electron chi connectivity index (χ1n) is 17.7. The molecule has 2 heterocycles. The molecule has 7 aromatic carbocycles. The Morgan fingerprint density at radius 3 is 1.67 bits per heavy atom. The zero-order valence-corrected chi connectivity index (χ0v) is 28.8. The van der Waals surface area contributed by atoms with E-state index in [-0.39, 0.29) is 5.41 Å². The molecule has 9 aromatic rings. The molecule has 0 N–H and O–H groups in total. The summed E-state index contributed by atoms with van der Waals surface area (Å²) in [6.45, 7) is 4.60. The second-order valence-electron chi connectivity index (χ2n) is 14.0. The van der Waals surface area contributed by atoms with Gasteiger partial charge in [-0.15, -0.1) is 0 Å². The Kier molecular flexibility index (Phi) is 6.80. The molecule has 1 aliphatic carbocycles. The summed E-state index contributed by atoms with van der Waals surface area (Å²) in [6.07, 6.45) is 0. The van der Waals surface area contributed by atoms with Crippen molar-refractivity contribution in [2.75, 3.05) is 0 Å². The third kappa shape index (κ3) is 4.79. The van der Waals surface area contributed by atoms with Gasteiger partial charge in [0, 0.05) is 38.4 Å². The van der Waals surface area contributed by atoms with Gasteiger partial charge in [0.15, 0.2) is 17.5 Å². The van der Waals surface area contributed by atoms with Crippen LogP contribution in [0.15, 0.2) is 168 Å². The summed E-state index contributed by atoms with van der Waals surface area (Å²) in [4.78, 5) is 15.5. The van der Waals surface area contributed by atoms with Crippen molar-refractivity contribution in [2.24, 2.45) is 0 Å². The summed E-state index contributed by atoms with van der Waals surface area (Å²) in [5, 5.41) is 2.24. The Bertz CT molecular complexity index is 2800. The molecular formula is C48H33N3O. The maximum absolute atomic E-state index is 6.36. The lowest BCUT2D eigenvalue weighted by Crippen LogP contribution is -2.17. The minimum absolute atomic E-state index is 0.216. The summed E-state index contributed by atoms with van der Waals surface area (Å²) in [5.41, 5.74) is 14.0. The first-order valence-corrected chi connectivity index (χ1v) is 17.7. The van der Waals surface area contributed by atoms with Crippen LogP contribution in [0.5, 0.6) is 0 Å². The number of benzene rings is 7. The van der Waals surface area contributed by atoms with Crippen LogP contribution in [0.3, 0.4) is 0 Å².